The van der Waals surface area contributed by atoms with Gasteiger partial charge in [-0.2, -0.15) is 0 Å². The summed E-state index contributed by atoms with van der Waals surface area (Å²) < 4.78 is 1.01. The zero-order valence-corrected chi connectivity index (χ0v) is 11.3. The Morgan fingerprint density at radius 3 is 2.88 bits per heavy atom. The molecule has 3 heteroatoms. The number of halogens is 1. The largest absolute Gasteiger partial charge is 0.508 e. The number of phenolic OH excluding ortho intramolecular Hbond substituents is 1. The minimum atomic E-state index is 0.199. The summed E-state index contributed by atoms with van der Waals surface area (Å²) in [6, 6.07) is 5.76. The third-order valence-corrected chi connectivity index (χ3v) is 3.91. The van der Waals surface area contributed by atoms with Crippen molar-refractivity contribution >= 4 is 15.9 Å². The number of hydrogen-bond donors (Lipinski definition) is 2. The molecule has 2 N–H and O–H groups in total. The summed E-state index contributed by atoms with van der Waals surface area (Å²) in [5, 5.41) is 13.3. The number of hydrogen-bond acceptors (Lipinski definition) is 2. The lowest BCUT2D eigenvalue weighted by Crippen LogP contribution is -2.21. The molecule has 1 fully saturated rings. The highest BCUT2D eigenvalue weighted by atomic mass is 79.9. The minimum Gasteiger partial charge on any atom is -0.508 e. The van der Waals surface area contributed by atoms with Crippen LogP contribution in [0.2, 0.25) is 0 Å². The Labute approximate surface area is 105 Å². The van der Waals surface area contributed by atoms with Crippen LogP contribution >= 0.6 is 15.9 Å². The van der Waals surface area contributed by atoms with Gasteiger partial charge in [0.25, 0.3) is 0 Å². The van der Waals surface area contributed by atoms with E-state index in [0.29, 0.717) is 5.75 Å². The molecule has 0 radical (unpaired) electrons. The minimum absolute atomic E-state index is 0.199. The second-order valence-corrected chi connectivity index (χ2v) is 5.72. The molecular weight excluding hydrogens is 266 g/mol. The second kappa shape index (κ2) is 4.76. The van der Waals surface area contributed by atoms with Crippen molar-refractivity contribution in [1.29, 1.82) is 0 Å². The Balaban J connectivity index is 1.96. The molecule has 1 aliphatic rings. The number of benzene rings is 1. The molecule has 1 aliphatic carbocycles. The van der Waals surface area contributed by atoms with Crippen molar-refractivity contribution in [3.8, 4) is 5.75 Å². The first-order valence-corrected chi connectivity index (χ1v) is 6.59. The van der Waals surface area contributed by atoms with E-state index in [0.717, 1.165) is 28.4 Å². The van der Waals surface area contributed by atoms with Crippen LogP contribution in [-0.2, 0) is 0 Å². The quantitative estimate of drug-likeness (QED) is 0.887. The highest BCUT2D eigenvalue weighted by Crippen LogP contribution is 2.37. The molecule has 0 heterocycles. The van der Waals surface area contributed by atoms with E-state index in [1.165, 1.54) is 6.42 Å². The van der Waals surface area contributed by atoms with Crippen molar-refractivity contribution in [2.75, 3.05) is 6.54 Å². The maximum atomic E-state index is 9.78. The molecular formula is C13H18BrNO. The lowest BCUT2D eigenvalue weighted by Gasteiger charge is -2.15. The van der Waals surface area contributed by atoms with E-state index in [2.05, 4.69) is 35.1 Å². The summed E-state index contributed by atoms with van der Waals surface area (Å²) in [5.74, 6) is 2.07. The maximum Gasteiger partial charge on any atom is 0.120 e. The van der Waals surface area contributed by atoms with Crippen LogP contribution < -0.4 is 5.32 Å². The van der Waals surface area contributed by atoms with Crippen LogP contribution in [0.25, 0.3) is 0 Å². The Morgan fingerprint density at radius 1 is 1.56 bits per heavy atom. The summed E-state index contributed by atoms with van der Waals surface area (Å²) in [6.45, 7) is 5.43. The van der Waals surface area contributed by atoms with Gasteiger partial charge in [-0.1, -0.05) is 22.9 Å². The monoisotopic (exact) mass is 283 g/mol. The van der Waals surface area contributed by atoms with Gasteiger partial charge in [-0.25, -0.2) is 0 Å². The summed E-state index contributed by atoms with van der Waals surface area (Å²) in [5.41, 5.74) is 0.961. The topological polar surface area (TPSA) is 32.3 Å². The fraction of sp³-hybridized carbons (Fsp3) is 0.538. The normalized spacial score (nSPS) is 25.4. The van der Waals surface area contributed by atoms with Gasteiger partial charge in [0.15, 0.2) is 0 Å². The maximum absolute atomic E-state index is 9.78. The molecule has 3 atom stereocenters. The van der Waals surface area contributed by atoms with Gasteiger partial charge in [-0.05, 0) is 49.9 Å². The van der Waals surface area contributed by atoms with Gasteiger partial charge in [-0.3, -0.25) is 0 Å². The number of aromatic hydroxyl groups is 1. The van der Waals surface area contributed by atoms with E-state index >= 15 is 0 Å². The summed E-state index contributed by atoms with van der Waals surface area (Å²) in [4.78, 5) is 0. The van der Waals surface area contributed by atoms with E-state index in [1.807, 2.05) is 12.1 Å². The Hall–Kier alpha value is -0.540. The fourth-order valence-electron chi connectivity index (χ4n) is 1.99. The molecule has 0 spiro atoms. The van der Waals surface area contributed by atoms with Gasteiger partial charge in [0, 0.05) is 16.1 Å². The third kappa shape index (κ3) is 2.77. The number of rotatable bonds is 4. The van der Waals surface area contributed by atoms with Crippen molar-refractivity contribution in [1.82, 2.24) is 5.32 Å². The smallest absolute Gasteiger partial charge is 0.120 e. The van der Waals surface area contributed by atoms with E-state index in [-0.39, 0.29) is 6.04 Å². The summed E-state index contributed by atoms with van der Waals surface area (Å²) in [7, 11) is 0. The molecule has 0 saturated heterocycles. The molecule has 1 aromatic carbocycles. The molecule has 0 bridgehead atoms. The first-order chi connectivity index (χ1) is 7.58. The van der Waals surface area contributed by atoms with Crippen molar-refractivity contribution in [3.63, 3.8) is 0 Å². The molecule has 3 unspecified atom stereocenters. The van der Waals surface area contributed by atoms with E-state index in [4.69, 9.17) is 0 Å². The highest BCUT2D eigenvalue weighted by Gasteiger charge is 2.32. The van der Waals surface area contributed by atoms with Crippen molar-refractivity contribution in [2.24, 2.45) is 11.8 Å². The van der Waals surface area contributed by atoms with Gasteiger partial charge in [0.05, 0.1) is 0 Å². The van der Waals surface area contributed by atoms with Gasteiger partial charge < -0.3 is 10.4 Å². The van der Waals surface area contributed by atoms with Crippen LogP contribution in [0, 0.1) is 11.8 Å². The van der Waals surface area contributed by atoms with E-state index in [1.54, 1.807) is 6.07 Å². The van der Waals surface area contributed by atoms with Crippen LogP contribution in [-0.4, -0.2) is 11.7 Å². The molecule has 0 amide bonds. The number of phenols is 1. The van der Waals surface area contributed by atoms with Crippen LogP contribution in [0.4, 0.5) is 0 Å². The standard InChI is InChI=1S/C13H18BrNO/c1-8-5-10(8)7-15-9(2)12-6-11(14)3-4-13(12)16/h3-4,6,8-10,15-16H,5,7H2,1-2H3. The molecule has 0 aliphatic heterocycles. The molecule has 1 saturated carbocycles. The van der Waals surface area contributed by atoms with Crippen molar-refractivity contribution in [3.05, 3.63) is 28.2 Å². The van der Waals surface area contributed by atoms with Crippen LogP contribution in [0.1, 0.15) is 31.9 Å². The lowest BCUT2D eigenvalue weighted by molar-refractivity contribution is 0.449. The third-order valence-electron chi connectivity index (χ3n) is 3.42. The number of nitrogens with one attached hydrogen (secondary N) is 1. The average Bonchev–Trinajstić information content (AvgIpc) is 2.95. The van der Waals surface area contributed by atoms with Gasteiger partial charge >= 0.3 is 0 Å². The Kier molecular flexibility index (Phi) is 3.55. The van der Waals surface area contributed by atoms with Crippen LogP contribution in [0.3, 0.4) is 0 Å². The predicted octanol–water partition coefficient (Wildman–Crippen LogP) is 3.46. The SMILES string of the molecule is CC(NCC1CC1C)c1cc(Br)ccc1O. The van der Waals surface area contributed by atoms with E-state index < -0.39 is 0 Å². The average molecular weight is 284 g/mol. The first kappa shape index (κ1) is 11.9. The molecule has 0 aromatic heterocycles. The molecule has 2 nitrogen and oxygen atoms in total. The Bertz CT molecular complexity index is 380. The Morgan fingerprint density at radius 2 is 2.25 bits per heavy atom. The molecule has 88 valence electrons. The zero-order chi connectivity index (χ0) is 11.7. The van der Waals surface area contributed by atoms with Crippen molar-refractivity contribution in [2.45, 2.75) is 26.3 Å². The van der Waals surface area contributed by atoms with Crippen LogP contribution in [0.5, 0.6) is 5.75 Å². The molecule has 1 aromatic rings. The second-order valence-electron chi connectivity index (χ2n) is 4.81. The zero-order valence-electron chi connectivity index (χ0n) is 9.70. The molecule has 2 rings (SSSR count). The molecule has 16 heavy (non-hydrogen) atoms. The fourth-order valence-corrected chi connectivity index (χ4v) is 2.37. The van der Waals surface area contributed by atoms with Gasteiger partial charge in [-0.15, -0.1) is 0 Å². The van der Waals surface area contributed by atoms with Crippen LogP contribution in [0.15, 0.2) is 22.7 Å². The van der Waals surface area contributed by atoms with E-state index in [9.17, 15) is 5.11 Å². The lowest BCUT2D eigenvalue weighted by atomic mass is 10.1. The predicted molar refractivity (Wildman–Crippen MR) is 69.5 cm³/mol. The highest BCUT2D eigenvalue weighted by molar-refractivity contribution is 9.10. The first-order valence-electron chi connectivity index (χ1n) is 5.79. The summed E-state index contributed by atoms with van der Waals surface area (Å²) in [6.07, 6.45) is 1.34. The summed E-state index contributed by atoms with van der Waals surface area (Å²) >= 11 is 3.43. The van der Waals surface area contributed by atoms with Gasteiger partial charge in [0.1, 0.15) is 5.75 Å². The van der Waals surface area contributed by atoms with Gasteiger partial charge in [0.2, 0.25) is 0 Å². The van der Waals surface area contributed by atoms with Crippen molar-refractivity contribution < 1.29 is 5.11 Å².